The highest BCUT2D eigenvalue weighted by atomic mass is 79.9. The van der Waals surface area contributed by atoms with Crippen LogP contribution in [0.25, 0.3) is 0 Å². The van der Waals surface area contributed by atoms with Crippen molar-refractivity contribution in [3.05, 3.63) is 34.1 Å². The van der Waals surface area contributed by atoms with E-state index < -0.39 is 23.3 Å². The zero-order chi connectivity index (χ0) is 10.9. The van der Waals surface area contributed by atoms with Crippen molar-refractivity contribution < 1.29 is 22.4 Å². The third kappa shape index (κ3) is 2.31. The molecule has 0 N–H and O–H groups in total. The highest BCUT2D eigenvalue weighted by Gasteiger charge is 2.39. The van der Waals surface area contributed by atoms with Crippen LogP contribution in [-0.2, 0) is 0 Å². The second-order valence-corrected chi connectivity index (χ2v) is 3.31. The number of Topliss-reactive ketones (excluding diaryl/α,β-unsaturated/α-hetero) is 1. The highest BCUT2D eigenvalue weighted by Crippen LogP contribution is 2.24. The molecule has 0 atom stereocenters. The molecular weight excluding hydrogens is 268 g/mol. The van der Waals surface area contributed by atoms with Crippen molar-refractivity contribution in [1.82, 2.24) is 0 Å². The molecule has 14 heavy (non-hydrogen) atoms. The van der Waals surface area contributed by atoms with Gasteiger partial charge in [0.05, 0.1) is 4.47 Å². The summed E-state index contributed by atoms with van der Waals surface area (Å²) in [7, 11) is 0. The molecule has 0 unspecified atom stereocenters. The average Bonchev–Trinajstić information content (AvgIpc) is 2.07. The monoisotopic (exact) mass is 270 g/mol. The molecule has 1 aromatic rings. The van der Waals surface area contributed by atoms with E-state index in [2.05, 4.69) is 15.9 Å². The summed E-state index contributed by atoms with van der Waals surface area (Å²) in [4.78, 5) is 10.7. The van der Waals surface area contributed by atoms with Crippen molar-refractivity contribution in [1.29, 1.82) is 0 Å². The van der Waals surface area contributed by atoms with Gasteiger partial charge in [0, 0.05) is 5.56 Å². The maximum Gasteiger partial charge on any atom is 0.454 e. The molecule has 0 radical (unpaired) electrons. The van der Waals surface area contributed by atoms with Gasteiger partial charge in [-0.1, -0.05) is 0 Å². The van der Waals surface area contributed by atoms with Crippen molar-refractivity contribution in [3.8, 4) is 0 Å². The molecule has 1 rings (SSSR count). The number of rotatable bonds is 1. The maximum atomic E-state index is 12.6. The van der Waals surface area contributed by atoms with Gasteiger partial charge in [-0.3, -0.25) is 4.79 Å². The standard InChI is InChI=1S/C8H3BrF4O/c9-5-3-4(1-2-6(5)10)7(14)8(11,12)13/h1-3H. The highest BCUT2D eigenvalue weighted by molar-refractivity contribution is 9.10. The average molecular weight is 271 g/mol. The van der Waals surface area contributed by atoms with E-state index in [1.165, 1.54) is 0 Å². The van der Waals surface area contributed by atoms with Crippen LogP contribution in [0.2, 0.25) is 0 Å². The van der Waals surface area contributed by atoms with Gasteiger partial charge >= 0.3 is 6.18 Å². The predicted octanol–water partition coefficient (Wildman–Crippen LogP) is 3.33. The Labute approximate surface area is 84.9 Å². The Kier molecular flexibility index (Phi) is 2.94. The van der Waals surface area contributed by atoms with Crippen LogP contribution in [-0.4, -0.2) is 12.0 Å². The number of halogens is 5. The number of ketones is 1. The van der Waals surface area contributed by atoms with Gasteiger partial charge in [0.1, 0.15) is 5.82 Å². The fourth-order valence-electron chi connectivity index (χ4n) is 0.801. The zero-order valence-corrected chi connectivity index (χ0v) is 8.12. The third-order valence-electron chi connectivity index (χ3n) is 1.44. The molecule has 1 aromatic carbocycles. The molecule has 0 spiro atoms. The molecule has 6 heteroatoms. The molecule has 0 aliphatic carbocycles. The van der Waals surface area contributed by atoms with Crippen molar-refractivity contribution in [2.75, 3.05) is 0 Å². The molecule has 76 valence electrons. The van der Waals surface area contributed by atoms with Gasteiger partial charge in [-0.2, -0.15) is 13.2 Å². The lowest BCUT2D eigenvalue weighted by Gasteiger charge is -2.05. The van der Waals surface area contributed by atoms with Crippen LogP contribution in [0.5, 0.6) is 0 Å². The minimum Gasteiger partial charge on any atom is -0.284 e. The summed E-state index contributed by atoms with van der Waals surface area (Å²) in [6.45, 7) is 0. The second kappa shape index (κ2) is 3.68. The van der Waals surface area contributed by atoms with Crippen molar-refractivity contribution in [2.24, 2.45) is 0 Å². The van der Waals surface area contributed by atoms with E-state index in [4.69, 9.17) is 0 Å². The van der Waals surface area contributed by atoms with Crippen LogP contribution in [0.15, 0.2) is 22.7 Å². The van der Waals surface area contributed by atoms with Gasteiger partial charge in [0.25, 0.3) is 5.78 Å². The van der Waals surface area contributed by atoms with Crippen molar-refractivity contribution >= 4 is 21.7 Å². The van der Waals surface area contributed by atoms with Gasteiger partial charge in [-0.25, -0.2) is 4.39 Å². The lowest BCUT2D eigenvalue weighted by molar-refractivity contribution is -0.0885. The first-order valence-corrected chi connectivity index (χ1v) is 4.18. The molecule has 0 aliphatic heterocycles. The Morgan fingerprint density at radius 3 is 2.29 bits per heavy atom. The number of alkyl halides is 3. The summed E-state index contributed by atoms with van der Waals surface area (Å²) in [6.07, 6.45) is -4.93. The van der Waals surface area contributed by atoms with Gasteiger partial charge in [-0.05, 0) is 34.1 Å². The molecule has 1 nitrogen and oxygen atoms in total. The summed E-state index contributed by atoms with van der Waals surface area (Å²) in [5.74, 6) is -2.71. The van der Waals surface area contributed by atoms with E-state index >= 15 is 0 Å². The molecule has 0 saturated carbocycles. The zero-order valence-electron chi connectivity index (χ0n) is 6.53. The maximum absolute atomic E-state index is 12.6. The molecule has 0 saturated heterocycles. The van der Waals surface area contributed by atoms with Gasteiger partial charge in [0.2, 0.25) is 0 Å². The first-order valence-electron chi connectivity index (χ1n) is 3.39. The van der Waals surface area contributed by atoms with Gasteiger partial charge in [-0.15, -0.1) is 0 Å². The quantitative estimate of drug-likeness (QED) is 0.565. The van der Waals surface area contributed by atoms with Crippen LogP contribution >= 0.6 is 15.9 Å². The topological polar surface area (TPSA) is 17.1 Å². The van der Waals surface area contributed by atoms with E-state index in [0.717, 1.165) is 18.2 Å². The molecule has 0 amide bonds. The van der Waals surface area contributed by atoms with E-state index in [-0.39, 0.29) is 4.47 Å². The van der Waals surface area contributed by atoms with Gasteiger partial charge in [0.15, 0.2) is 0 Å². The van der Waals surface area contributed by atoms with Crippen LogP contribution in [0.3, 0.4) is 0 Å². The van der Waals surface area contributed by atoms with E-state index in [1.54, 1.807) is 0 Å². The molecule has 0 aliphatic rings. The molecular formula is C8H3BrF4O. The lowest BCUT2D eigenvalue weighted by Crippen LogP contribution is -2.22. The summed E-state index contributed by atoms with van der Waals surface area (Å²) < 4.78 is 48.2. The van der Waals surface area contributed by atoms with Gasteiger partial charge < -0.3 is 0 Å². The van der Waals surface area contributed by atoms with E-state index in [0.29, 0.717) is 0 Å². The summed E-state index contributed by atoms with van der Waals surface area (Å²) in [5.41, 5.74) is -0.592. The van der Waals surface area contributed by atoms with Crippen LogP contribution in [0.4, 0.5) is 17.6 Å². The number of carbonyl (C=O) groups is 1. The largest absolute Gasteiger partial charge is 0.454 e. The third-order valence-corrected chi connectivity index (χ3v) is 2.05. The lowest BCUT2D eigenvalue weighted by atomic mass is 10.1. The van der Waals surface area contributed by atoms with Crippen LogP contribution in [0, 0.1) is 5.82 Å². The second-order valence-electron chi connectivity index (χ2n) is 2.46. The molecule has 0 aromatic heterocycles. The Balaban J connectivity index is 3.10. The fourth-order valence-corrected chi connectivity index (χ4v) is 1.18. The minimum atomic E-state index is -4.93. The number of carbonyl (C=O) groups excluding carboxylic acids is 1. The van der Waals surface area contributed by atoms with Crippen LogP contribution in [0.1, 0.15) is 10.4 Å². The smallest absolute Gasteiger partial charge is 0.284 e. The van der Waals surface area contributed by atoms with E-state index in [1.807, 2.05) is 0 Å². The first kappa shape index (κ1) is 11.2. The van der Waals surface area contributed by atoms with Crippen LogP contribution < -0.4 is 0 Å². The predicted molar refractivity (Wildman–Crippen MR) is 44.5 cm³/mol. The van der Waals surface area contributed by atoms with E-state index in [9.17, 15) is 22.4 Å². The normalized spacial score (nSPS) is 11.5. The summed E-state index contributed by atoms with van der Waals surface area (Å²) in [6, 6.07) is 2.38. The van der Waals surface area contributed by atoms with Crippen molar-refractivity contribution in [2.45, 2.75) is 6.18 Å². The number of hydrogen-bond acceptors (Lipinski definition) is 1. The molecule has 0 bridgehead atoms. The SMILES string of the molecule is O=C(c1ccc(F)c(Br)c1)C(F)(F)F. The number of hydrogen-bond donors (Lipinski definition) is 0. The first-order chi connectivity index (χ1) is 6.32. The minimum absolute atomic E-state index is 0.174. The number of benzene rings is 1. The Hall–Kier alpha value is -0.910. The molecule has 0 heterocycles. The van der Waals surface area contributed by atoms with Crippen molar-refractivity contribution in [3.63, 3.8) is 0 Å². The fraction of sp³-hybridized carbons (Fsp3) is 0.125. The Morgan fingerprint density at radius 2 is 1.86 bits per heavy atom. The summed E-state index contributed by atoms with van der Waals surface area (Å²) in [5, 5.41) is 0. The summed E-state index contributed by atoms with van der Waals surface area (Å²) >= 11 is 2.69. The Morgan fingerprint density at radius 1 is 1.29 bits per heavy atom. The Bertz CT molecular complexity index is 372. The molecule has 0 fully saturated rings.